The van der Waals surface area contributed by atoms with Crippen molar-refractivity contribution in [3.05, 3.63) is 59.9 Å². The summed E-state index contributed by atoms with van der Waals surface area (Å²) in [5.41, 5.74) is 2.68. The largest absolute Gasteiger partial charge is 0.364 e. The van der Waals surface area contributed by atoms with Crippen LogP contribution in [0.5, 0.6) is 0 Å². The van der Waals surface area contributed by atoms with Gasteiger partial charge in [0.05, 0.1) is 0 Å². The Morgan fingerprint density at radius 3 is 2.85 bits per heavy atom. The van der Waals surface area contributed by atoms with Crippen molar-refractivity contribution in [1.82, 2.24) is 15.2 Å². The van der Waals surface area contributed by atoms with Crippen molar-refractivity contribution >= 4 is 0 Å². The van der Waals surface area contributed by atoms with Gasteiger partial charge < -0.3 is 10.3 Å². The van der Waals surface area contributed by atoms with Crippen LogP contribution in [0.4, 0.5) is 0 Å². The number of rotatable bonds is 5. The average Bonchev–Trinajstić information content (AvgIpc) is 3.00. The lowest BCUT2D eigenvalue weighted by atomic mass is 10.0. The van der Waals surface area contributed by atoms with E-state index in [2.05, 4.69) is 57.7 Å². The summed E-state index contributed by atoms with van der Waals surface area (Å²) in [7, 11) is 0. The number of benzene rings is 1. The number of H-pyrrole nitrogens is 1. The zero-order valence-electron chi connectivity index (χ0n) is 11.9. The van der Waals surface area contributed by atoms with Crippen LogP contribution in [0.25, 0.3) is 0 Å². The summed E-state index contributed by atoms with van der Waals surface area (Å²) in [4.78, 5) is 5.81. The van der Waals surface area contributed by atoms with E-state index in [4.69, 9.17) is 0 Å². The number of likely N-dealkylation sites (tertiary alicyclic amines) is 1. The molecule has 1 atom stereocenters. The predicted octanol–water partition coefficient (Wildman–Crippen LogP) is 2.77. The van der Waals surface area contributed by atoms with Crippen LogP contribution in [0.2, 0.25) is 0 Å². The SMILES string of the molecule is c1ccc(CN2CCCC(NCc3ccc[nH]3)C2)cc1. The van der Waals surface area contributed by atoms with E-state index in [0.29, 0.717) is 6.04 Å². The minimum absolute atomic E-state index is 0.607. The van der Waals surface area contributed by atoms with Gasteiger partial charge in [-0.2, -0.15) is 0 Å². The van der Waals surface area contributed by atoms with E-state index in [-0.39, 0.29) is 0 Å². The van der Waals surface area contributed by atoms with Gasteiger partial charge in [0, 0.05) is 37.6 Å². The lowest BCUT2D eigenvalue weighted by Gasteiger charge is -2.33. The van der Waals surface area contributed by atoms with Gasteiger partial charge in [-0.3, -0.25) is 4.90 Å². The molecular weight excluding hydrogens is 246 g/mol. The van der Waals surface area contributed by atoms with Crippen LogP contribution in [-0.4, -0.2) is 29.0 Å². The first-order valence-electron chi connectivity index (χ1n) is 7.52. The highest BCUT2D eigenvalue weighted by Gasteiger charge is 2.19. The minimum atomic E-state index is 0.607. The molecular formula is C17H23N3. The molecule has 0 amide bonds. The van der Waals surface area contributed by atoms with Crippen LogP contribution in [0.1, 0.15) is 24.1 Å². The molecule has 0 radical (unpaired) electrons. The number of piperidine rings is 1. The fraction of sp³-hybridized carbons (Fsp3) is 0.412. The molecule has 0 spiro atoms. The fourth-order valence-electron chi connectivity index (χ4n) is 2.94. The molecule has 2 heterocycles. The maximum Gasteiger partial charge on any atom is 0.0360 e. The Morgan fingerprint density at radius 2 is 2.05 bits per heavy atom. The zero-order valence-corrected chi connectivity index (χ0v) is 11.9. The van der Waals surface area contributed by atoms with Gasteiger partial charge in [0.15, 0.2) is 0 Å². The Morgan fingerprint density at radius 1 is 1.15 bits per heavy atom. The molecule has 1 fully saturated rings. The Kier molecular flexibility index (Phi) is 4.51. The molecule has 2 N–H and O–H groups in total. The molecule has 1 aliphatic heterocycles. The van der Waals surface area contributed by atoms with Gasteiger partial charge in [-0.1, -0.05) is 30.3 Å². The lowest BCUT2D eigenvalue weighted by molar-refractivity contribution is 0.182. The van der Waals surface area contributed by atoms with Crippen LogP contribution in [0, 0.1) is 0 Å². The molecule has 1 aromatic heterocycles. The molecule has 1 aromatic carbocycles. The van der Waals surface area contributed by atoms with Gasteiger partial charge in [-0.25, -0.2) is 0 Å². The number of aromatic amines is 1. The number of nitrogens with zero attached hydrogens (tertiary/aromatic N) is 1. The Balaban J connectivity index is 1.49. The van der Waals surface area contributed by atoms with E-state index < -0.39 is 0 Å². The topological polar surface area (TPSA) is 31.1 Å². The fourth-order valence-corrected chi connectivity index (χ4v) is 2.94. The van der Waals surface area contributed by atoms with Gasteiger partial charge in [0.1, 0.15) is 0 Å². The van der Waals surface area contributed by atoms with E-state index in [9.17, 15) is 0 Å². The smallest absolute Gasteiger partial charge is 0.0360 e. The summed E-state index contributed by atoms with van der Waals surface area (Å²) in [5.74, 6) is 0. The molecule has 3 heteroatoms. The van der Waals surface area contributed by atoms with Crippen LogP contribution in [-0.2, 0) is 13.1 Å². The number of aromatic nitrogens is 1. The molecule has 3 nitrogen and oxygen atoms in total. The van der Waals surface area contributed by atoms with Crippen molar-refractivity contribution in [2.45, 2.75) is 32.0 Å². The Hall–Kier alpha value is -1.58. The van der Waals surface area contributed by atoms with Crippen molar-refractivity contribution in [3.8, 4) is 0 Å². The second-order valence-corrected chi connectivity index (χ2v) is 5.64. The first kappa shape index (κ1) is 13.4. The number of hydrogen-bond acceptors (Lipinski definition) is 2. The maximum atomic E-state index is 3.67. The van der Waals surface area contributed by atoms with Crippen molar-refractivity contribution in [1.29, 1.82) is 0 Å². The van der Waals surface area contributed by atoms with Crippen LogP contribution >= 0.6 is 0 Å². The van der Waals surface area contributed by atoms with Crippen molar-refractivity contribution in [3.63, 3.8) is 0 Å². The first-order chi connectivity index (χ1) is 9.90. The van der Waals surface area contributed by atoms with Crippen molar-refractivity contribution in [2.75, 3.05) is 13.1 Å². The summed E-state index contributed by atoms with van der Waals surface area (Å²) in [6.07, 6.45) is 4.56. The molecule has 1 unspecified atom stereocenters. The average molecular weight is 269 g/mol. The third-order valence-corrected chi connectivity index (χ3v) is 4.00. The first-order valence-corrected chi connectivity index (χ1v) is 7.52. The van der Waals surface area contributed by atoms with Gasteiger partial charge in [0.2, 0.25) is 0 Å². The predicted molar refractivity (Wildman–Crippen MR) is 82.4 cm³/mol. The van der Waals surface area contributed by atoms with Crippen LogP contribution in [0.3, 0.4) is 0 Å². The van der Waals surface area contributed by atoms with E-state index in [1.807, 2.05) is 6.20 Å². The van der Waals surface area contributed by atoms with E-state index in [0.717, 1.165) is 19.6 Å². The van der Waals surface area contributed by atoms with Crippen molar-refractivity contribution < 1.29 is 0 Å². The summed E-state index contributed by atoms with van der Waals surface area (Å²) < 4.78 is 0. The Labute approximate surface area is 121 Å². The third-order valence-electron chi connectivity index (χ3n) is 4.00. The molecule has 20 heavy (non-hydrogen) atoms. The lowest BCUT2D eigenvalue weighted by Crippen LogP contribution is -2.45. The highest BCUT2D eigenvalue weighted by molar-refractivity contribution is 5.14. The quantitative estimate of drug-likeness (QED) is 0.874. The van der Waals surface area contributed by atoms with Gasteiger partial charge in [0.25, 0.3) is 0 Å². The summed E-state index contributed by atoms with van der Waals surface area (Å²) in [5, 5.41) is 3.67. The second-order valence-electron chi connectivity index (χ2n) is 5.64. The highest BCUT2D eigenvalue weighted by Crippen LogP contribution is 2.14. The van der Waals surface area contributed by atoms with E-state index >= 15 is 0 Å². The highest BCUT2D eigenvalue weighted by atomic mass is 15.2. The normalized spacial score (nSPS) is 20.1. The third kappa shape index (κ3) is 3.71. The summed E-state index contributed by atoms with van der Waals surface area (Å²) in [6.45, 7) is 4.38. The van der Waals surface area contributed by atoms with E-state index in [1.165, 1.54) is 30.6 Å². The standard InChI is InChI=1S/C17H23N3/c1-2-6-15(7-3-1)13-20-11-5-9-17(14-20)19-12-16-8-4-10-18-16/h1-4,6-8,10,17-19H,5,9,11-14H2. The zero-order chi connectivity index (χ0) is 13.6. The summed E-state index contributed by atoms with van der Waals surface area (Å²) >= 11 is 0. The minimum Gasteiger partial charge on any atom is -0.364 e. The molecule has 0 bridgehead atoms. The monoisotopic (exact) mass is 269 g/mol. The molecule has 1 aliphatic rings. The molecule has 106 valence electrons. The van der Waals surface area contributed by atoms with Gasteiger partial charge >= 0.3 is 0 Å². The van der Waals surface area contributed by atoms with Gasteiger partial charge in [-0.05, 0) is 37.1 Å². The Bertz CT molecular complexity index is 492. The maximum absolute atomic E-state index is 3.67. The molecule has 1 saturated heterocycles. The van der Waals surface area contributed by atoms with Crippen molar-refractivity contribution in [2.24, 2.45) is 0 Å². The van der Waals surface area contributed by atoms with Crippen LogP contribution in [0.15, 0.2) is 48.7 Å². The number of nitrogens with one attached hydrogen (secondary N) is 2. The molecule has 0 saturated carbocycles. The molecule has 3 rings (SSSR count). The van der Waals surface area contributed by atoms with Crippen LogP contribution < -0.4 is 5.32 Å². The van der Waals surface area contributed by atoms with Gasteiger partial charge in [-0.15, -0.1) is 0 Å². The number of hydrogen-bond donors (Lipinski definition) is 2. The molecule has 2 aromatic rings. The second kappa shape index (κ2) is 6.73. The van der Waals surface area contributed by atoms with E-state index in [1.54, 1.807) is 0 Å². The molecule has 0 aliphatic carbocycles. The summed E-state index contributed by atoms with van der Waals surface area (Å²) in [6, 6.07) is 15.6.